The molecule has 0 radical (unpaired) electrons. The summed E-state index contributed by atoms with van der Waals surface area (Å²) in [5.74, 6) is -2.18. The summed E-state index contributed by atoms with van der Waals surface area (Å²) < 4.78 is 0. The average Bonchev–Trinajstić information content (AvgIpc) is 2.47. The van der Waals surface area contributed by atoms with Crippen molar-refractivity contribution in [3.8, 4) is 5.75 Å². The standard InChI is InChI=1S/C11H14O2.C7H6O3.Zn/c1-11(2,3)9-6-4-5-8(7-9)10(12)13;8-6-4-2-1-3-5(6)7(9)10;/h4-7H,1-3H3,(H,12,13);1-4,8H,(H,9,10);. The zero-order valence-electron chi connectivity index (χ0n) is 14.0. The van der Waals surface area contributed by atoms with Crippen molar-refractivity contribution in [1.29, 1.82) is 0 Å². The molecule has 0 aliphatic rings. The summed E-state index contributed by atoms with van der Waals surface area (Å²) in [5.41, 5.74) is 1.34. The van der Waals surface area contributed by atoms with Gasteiger partial charge in [-0.2, -0.15) is 0 Å². The van der Waals surface area contributed by atoms with Crippen LogP contribution in [0.15, 0.2) is 48.5 Å². The molecule has 2 aromatic rings. The van der Waals surface area contributed by atoms with Crippen molar-refractivity contribution < 1.29 is 44.4 Å². The first kappa shape index (κ1) is 21.8. The maximum atomic E-state index is 10.7. The van der Waals surface area contributed by atoms with Gasteiger partial charge in [-0.3, -0.25) is 0 Å². The Morgan fingerprint density at radius 2 is 1.46 bits per heavy atom. The molecule has 0 saturated carbocycles. The van der Waals surface area contributed by atoms with Crippen LogP contribution in [0.4, 0.5) is 0 Å². The average molecular weight is 382 g/mol. The molecule has 0 aromatic heterocycles. The van der Waals surface area contributed by atoms with Gasteiger partial charge in [0.2, 0.25) is 0 Å². The summed E-state index contributed by atoms with van der Waals surface area (Å²) in [7, 11) is 0. The summed E-state index contributed by atoms with van der Waals surface area (Å²) in [4.78, 5) is 20.9. The van der Waals surface area contributed by atoms with E-state index >= 15 is 0 Å². The maximum absolute atomic E-state index is 10.7. The van der Waals surface area contributed by atoms with Crippen LogP contribution in [0.5, 0.6) is 5.75 Å². The maximum Gasteiger partial charge on any atom is 0.339 e. The summed E-state index contributed by atoms with van der Waals surface area (Å²) in [6, 6.07) is 12.9. The summed E-state index contributed by atoms with van der Waals surface area (Å²) in [5, 5.41) is 26.1. The first-order valence-electron chi connectivity index (χ1n) is 6.98. The van der Waals surface area contributed by atoms with Gasteiger partial charge in [0.15, 0.2) is 0 Å². The van der Waals surface area contributed by atoms with Gasteiger partial charge in [0.25, 0.3) is 0 Å². The van der Waals surface area contributed by atoms with Gasteiger partial charge in [-0.25, -0.2) is 9.59 Å². The molecule has 124 valence electrons. The molecule has 2 rings (SSSR count). The molecule has 0 atom stereocenters. The van der Waals surface area contributed by atoms with E-state index in [4.69, 9.17) is 15.3 Å². The summed E-state index contributed by atoms with van der Waals surface area (Å²) >= 11 is 0. The van der Waals surface area contributed by atoms with Crippen molar-refractivity contribution in [1.82, 2.24) is 0 Å². The van der Waals surface area contributed by atoms with E-state index in [2.05, 4.69) is 20.8 Å². The molecule has 6 heteroatoms. The van der Waals surface area contributed by atoms with Crippen molar-refractivity contribution in [3.05, 3.63) is 65.2 Å². The monoisotopic (exact) mass is 380 g/mol. The number of carboxylic acids is 2. The zero-order chi connectivity index (χ0) is 17.6. The van der Waals surface area contributed by atoms with Crippen LogP contribution in [0.1, 0.15) is 47.1 Å². The van der Waals surface area contributed by atoms with Gasteiger partial charge in [0, 0.05) is 19.5 Å². The third kappa shape index (κ3) is 6.51. The van der Waals surface area contributed by atoms with Crippen LogP contribution < -0.4 is 0 Å². The Bertz CT molecular complexity index is 705. The van der Waals surface area contributed by atoms with Crippen LogP contribution in [0.2, 0.25) is 0 Å². The first-order valence-corrected chi connectivity index (χ1v) is 6.98. The molecule has 0 spiro atoms. The van der Waals surface area contributed by atoms with E-state index in [1.165, 1.54) is 12.1 Å². The van der Waals surface area contributed by atoms with E-state index in [-0.39, 0.29) is 36.2 Å². The molecule has 0 aliphatic carbocycles. The molecule has 2 aromatic carbocycles. The van der Waals surface area contributed by atoms with Gasteiger partial charge in [-0.05, 0) is 35.2 Å². The third-order valence-electron chi connectivity index (χ3n) is 3.11. The number of rotatable bonds is 2. The molecular weight excluding hydrogens is 362 g/mol. The Morgan fingerprint density at radius 3 is 1.88 bits per heavy atom. The van der Waals surface area contributed by atoms with Gasteiger partial charge in [0.1, 0.15) is 11.3 Å². The van der Waals surface area contributed by atoms with Gasteiger partial charge in [-0.1, -0.05) is 45.0 Å². The fraction of sp³-hybridized carbons (Fsp3) is 0.222. The molecule has 0 fully saturated rings. The Kier molecular flexibility index (Phi) is 8.34. The van der Waals surface area contributed by atoms with Crippen molar-refractivity contribution >= 4 is 11.9 Å². The number of carbonyl (C=O) groups is 2. The predicted octanol–water partition coefficient (Wildman–Crippen LogP) is 3.77. The van der Waals surface area contributed by atoms with Crippen LogP contribution in [0.25, 0.3) is 0 Å². The van der Waals surface area contributed by atoms with Gasteiger partial charge in [0.05, 0.1) is 5.56 Å². The molecule has 0 amide bonds. The minimum absolute atomic E-state index is 0. The molecule has 0 heterocycles. The SMILES string of the molecule is CC(C)(C)c1cccc(C(=O)O)c1.O=C(O)c1ccccc1O.[Zn]. The van der Waals surface area contributed by atoms with Crippen molar-refractivity contribution in [2.24, 2.45) is 0 Å². The van der Waals surface area contributed by atoms with E-state index in [1.807, 2.05) is 6.07 Å². The third-order valence-corrected chi connectivity index (χ3v) is 3.11. The second kappa shape index (κ2) is 9.19. The molecule has 24 heavy (non-hydrogen) atoms. The number of para-hydroxylation sites is 1. The molecule has 5 nitrogen and oxygen atoms in total. The Morgan fingerprint density at radius 1 is 0.875 bits per heavy atom. The molecule has 0 saturated heterocycles. The topological polar surface area (TPSA) is 94.8 Å². The zero-order valence-corrected chi connectivity index (χ0v) is 17.0. The van der Waals surface area contributed by atoms with Crippen LogP contribution in [-0.4, -0.2) is 27.3 Å². The molecule has 0 aliphatic heterocycles. The van der Waals surface area contributed by atoms with Crippen LogP contribution in [0.3, 0.4) is 0 Å². The minimum Gasteiger partial charge on any atom is -0.507 e. The molecule has 3 N–H and O–H groups in total. The number of aromatic carboxylic acids is 2. The number of benzene rings is 2. The van der Waals surface area contributed by atoms with Crippen LogP contribution >= 0.6 is 0 Å². The van der Waals surface area contributed by atoms with Crippen molar-refractivity contribution in [3.63, 3.8) is 0 Å². The molecule has 0 bridgehead atoms. The first-order chi connectivity index (χ1) is 10.6. The van der Waals surface area contributed by atoms with Crippen molar-refractivity contribution in [2.45, 2.75) is 26.2 Å². The fourth-order valence-corrected chi connectivity index (χ4v) is 1.77. The Labute approximate surface area is 153 Å². The molecule has 0 unspecified atom stereocenters. The fourth-order valence-electron chi connectivity index (χ4n) is 1.77. The van der Waals surface area contributed by atoms with Crippen LogP contribution in [0, 0.1) is 0 Å². The predicted molar refractivity (Wildman–Crippen MR) is 87.2 cm³/mol. The van der Waals surface area contributed by atoms with Crippen molar-refractivity contribution in [2.75, 3.05) is 0 Å². The van der Waals surface area contributed by atoms with Crippen LogP contribution in [-0.2, 0) is 24.9 Å². The Balaban J connectivity index is 0.000000436. The smallest absolute Gasteiger partial charge is 0.339 e. The van der Waals surface area contributed by atoms with E-state index < -0.39 is 11.9 Å². The molecular formula is C18H20O5Zn. The van der Waals surface area contributed by atoms with E-state index in [0.29, 0.717) is 5.56 Å². The van der Waals surface area contributed by atoms with E-state index in [1.54, 1.807) is 30.3 Å². The second-order valence-corrected chi connectivity index (χ2v) is 5.96. The summed E-state index contributed by atoms with van der Waals surface area (Å²) in [6.45, 7) is 6.19. The quantitative estimate of drug-likeness (QED) is 0.688. The van der Waals surface area contributed by atoms with Gasteiger partial charge < -0.3 is 15.3 Å². The minimum atomic E-state index is -1.11. The number of carboxylic acid groups (broad SMARTS) is 2. The van der Waals surface area contributed by atoms with E-state index in [0.717, 1.165) is 5.56 Å². The van der Waals surface area contributed by atoms with E-state index in [9.17, 15) is 9.59 Å². The number of aromatic hydroxyl groups is 1. The van der Waals surface area contributed by atoms with Gasteiger partial charge in [-0.15, -0.1) is 0 Å². The number of hydrogen-bond acceptors (Lipinski definition) is 3. The largest absolute Gasteiger partial charge is 0.507 e. The number of hydrogen-bond donors (Lipinski definition) is 3. The van der Waals surface area contributed by atoms with Gasteiger partial charge >= 0.3 is 11.9 Å². The Hall–Kier alpha value is -2.20. The number of phenols is 1. The normalized spacial score (nSPS) is 9.96. The summed E-state index contributed by atoms with van der Waals surface area (Å²) in [6.07, 6.45) is 0. The second-order valence-electron chi connectivity index (χ2n) is 5.96.